The Morgan fingerprint density at radius 3 is 2.52 bits per heavy atom. The molecule has 1 aromatic heterocycles. The zero-order valence-corrected chi connectivity index (χ0v) is 14.2. The number of likely N-dealkylation sites (N-methyl/N-ethyl adjacent to an activating group) is 1. The first kappa shape index (κ1) is 16.6. The summed E-state index contributed by atoms with van der Waals surface area (Å²) in [5.41, 5.74) is 2.82. The molecular weight excluding hydrogens is 316 g/mol. The minimum atomic E-state index is -0.0833. The van der Waals surface area contributed by atoms with Gasteiger partial charge in [-0.1, -0.05) is 30.3 Å². The van der Waals surface area contributed by atoms with E-state index < -0.39 is 0 Å². The van der Waals surface area contributed by atoms with Crippen LogP contribution >= 0.6 is 0 Å². The molecule has 2 N–H and O–H groups in total. The number of hydrogen-bond donors (Lipinski definition) is 2. The van der Waals surface area contributed by atoms with Crippen LogP contribution in [0.3, 0.4) is 0 Å². The smallest absolute Gasteiger partial charge is 0.224 e. The molecule has 1 heterocycles. The van der Waals surface area contributed by atoms with Gasteiger partial charge in [0.15, 0.2) is 5.82 Å². The number of hydrogen-bond acceptors (Lipinski definition) is 5. The van der Waals surface area contributed by atoms with E-state index >= 15 is 0 Å². The zero-order chi connectivity index (χ0) is 17.6. The lowest BCUT2D eigenvalue weighted by atomic mass is 10.1. The molecule has 3 aromatic rings. The molecule has 3 rings (SSSR count). The number of nitrogens with one attached hydrogen (secondary N) is 2. The minimum absolute atomic E-state index is 0.00360. The molecule has 7 heteroatoms. The molecule has 0 aliphatic heterocycles. The number of anilines is 1. The first-order valence-corrected chi connectivity index (χ1v) is 8.07. The van der Waals surface area contributed by atoms with Crippen LogP contribution in [0.5, 0.6) is 0 Å². The molecule has 0 saturated heterocycles. The van der Waals surface area contributed by atoms with Gasteiger partial charge >= 0.3 is 0 Å². The van der Waals surface area contributed by atoms with E-state index in [0.717, 1.165) is 22.8 Å². The molecule has 25 heavy (non-hydrogen) atoms. The summed E-state index contributed by atoms with van der Waals surface area (Å²) in [6.07, 6.45) is 0.374. The molecule has 0 aliphatic carbocycles. The molecule has 7 nitrogen and oxygen atoms in total. The van der Waals surface area contributed by atoms with Crippen molar-refractivity contribution in [3.63, 3.8) is 0 Å². The van der Waals surface area contributed by atoms with Gasteiger partial charge < -0.3 is 10.6 Å². The van der Waals surface area contributed by atoms with Gasteiger partial charge in [-0.15, -0.1) is 5.10 Å². The molecule has 1 unspecified atom stereocenters. The third-order valence-corrected chi connectivity index (χ3v) is 3.86. The Morgan fingerprint density at radius 1 is 1.12 bits per heavy atom. The van der Waals surface area contributed by atoms with Crippen LogP contribution in [0.4, 0.5) is 5.69 Å². The van der Waals surface area contributed by atoms with Gasteiger partial charge in [0.05, 0.1) is 18.2 Å². The average molecular weight is 336 g/mol. The summed E-state index contributed by atoms with van der Waals surface area (Å²) in [7, 11) is 1.64. The molecule has 0 radical (unpaired) electrons. The fourth-order valence-corrected chi connectivity index (χ4v) is 2.52. The van der Waals surface area contributed by atoms with E-state index in [1.54, 1.807) is 11.7 Å². The highest BCUT2D eigenvalue weighted by Gasteiger charge is 2.15. The number of benzene rings is 2. The second kappa shape index (κ2) is 7.57. The number of nitrogens with zero attached hydrogens (tertiary/aromatic N) is 4. The number of carbonyl (C=O) groups is 1. The predicted molar refractivity (Wildman–Crippen MR) is 95.4 cm³/mol. The monoisotopic (exact) mass is 336 g/mol. The highest BCUT2D eigenvalue weighted by molar-refractivity contribution is 5.78. The van der Waals surface area contributed by atoms with Gasteiger partial charge in [-0.05, 0) is 47.2 Å². The van der Waals surface area contributed by atoms with Gasteiger partial charge in [-0.25, -0.2) is 0 Å². The van der Waals surface area contributed by atoms with Crippen LogP contribution in [-0.4, -0.2) is 33.2 Å². The van der Waals surface area contributed by atoms with Crippen molar-refractivity contribution in [1.82, 2.24) is 25.5 Å². The van der Waals surface area contributed by atoms with Crippen molar-refractivity contribution in [2.24, 2.45) is 0 Å². The molecule has 0 aliphatic rings. The Kier molecular flexibility index (Phi) is 5.03. The lowest BCUT2D eigenvalue weighted by Crippen LogP contribution is -2.19. The van der Waals surface area contributed by atoms with E-state index in [-0.39, 0.29) is 11.9 Å². The topological polar surface area (TPSA) is 84.7 Å². The first-order chi connectivity index (χ1) is 12.2. The lowest BCUT2D eigenvalue weighted by molar-refractivity contribution is -0.119. The summed E-state index contributed by atoms with van der Waals surface area (Å²) >= 11 is 0. The number of amides is 1. The predicted octanol–water partition coefficient (Wildman–Crippen LogP) is 2.12. The van der Waals surface area contributed by atoms with Crippen molar-refractivity contribution in [1.29, 1.82) is 0 Å². The third-order valence-electron chi connectivity index (χ3n) is 3.86. The molecule has 1 amide bonds. The second-order valence-corrected chi connectivity index (χ2v) is 5.70. The van der Waals surface area contributed by atoms with Crippen LogP contribution in [0.1, 0.15) is 24.4 Å². The zero-order valence-electron chi connectivity index (χ0n) is 14.2. The summed E-state index contributed by atoms with van der Waals surface area (Å²) in [4.78, 5) is 11.4. The Bertz CT molecular complexity index is 828. The third kappa shape index (κ3) is 4.00. The highest BCUT2D eigenvalue weighted by Crippen LogP contribution is 2.19. The molecule has 0 fully saturated rings. The normalized spacial score (nSPS) is 11.8. The van der Waals surface area contributed by atoms with Crippen LogP contribution in [-0.2, 0) is 11.2 Å². The Hall–Kier alpha value is -3.22. The Morgan fingerprint density at radius 2 is 1.84 bits per heavy atom. The standard InChI is InChI=1S/C18H20N6O/c1-13(18-21-22-23-24(18)16-6-4-3-5-7-16)20-15-10-8-14(9-11-15)12-17(25)19-2/h3-11,13,20H,12H2,1-2H3,(H,19,25). The number of tetrazole rings is 1. The van der Waals surface area contributed by atoms with Crippen molar-refractivity contribution in [2.45, 2.75) is 19.4 Å². The lowest BCUT2D eigenvalue weighted by Gasteiger charge is -2.15. The van der Waals surface area contributed by atoms with Gasteiger partial charge in [0.2, 0.25) is 5.91 Å². The van der Waals surface area contributed by atoms with E-state index in [1.807, 2.05) is 61.5 Å². The number of para-hydroxylation sites is 1. The largest absolute Gasteiger partial charge is 0.375 e. The summed E-state index contributed by atoms with van der Waals surface area (Å²) in [5, 5.41) is 18.0. The van der Waals surface area contributed by atoms with Crippen molar-refractivity contribution in [3.8, 4) is 5.69 Å². The number of aromatic nitrogens is 4. The molecule has 0 bridgehead atoms. The maximum Gasteiger partial charge on any atom is 0.224 e. The van der Waals surface area contributed by atoms with Crippen LogP contribution in [0.25, 0.3) is 5.69 Å². The summed E-state index contributed by atoms with van der Waals surface area (Å²) in [5.74, 6) is 0.719. The molecule has 0 saturated carbocycles. The molecule has 128 valence electrons. The maximum atomic E-state index is 11.4. The van der Waals surface area contributed by atoms with Crippen molar-refractivity contribution < 1.29 is 4.79 Å². The molecule has 2 aromatic carbocycles. The second-order valence-electron chi connectivity index (χ2n) is 5.70. The maximum absolute atomic E-state index is 11.4. The minimum Gasteiger partial charge on any atom is -0.375 e. The van der Waals surface area contributed by atoms with Gasteiger partial charge in [-0.2, -0.15) is 4.68 Å². The molecular formula is C18H20N6O. The van der Waals surface area contributed by atoms with E-state index in [4.69, 9.17) is 0 Å². The Labute approximate surface area is 146 Å². The summed E-state index contributed by atoms with van der Waals surface area (Å²) < 4.78 is 1.72. The quantitative estimate of drug-likeness (QED) is 0.720. The fourth-order valence-electron chi connectivity index (χ4n) is 2.52. The summed E-state index contributed by atoms with van der Waals surface area (Å²) in [6, 6.07) is 17.5. The highest BCUT2D eigenvalue weighted by atomic mass is 16.1. The van der Waals surface area contributed by atoms with Crippen LogP contribution in [0.15, 0.2) is 54.6 Å². The average Bonchev–Trinajstić information content (AvgIpc) is 3.14. The van der Waals surface area contributed by atoms with Crippen molar-refractivity contribution in [3.05, 3.63) is 66.0 Å². The van der Waals surface area contributed by atoms with Crippen molar-refractivity contribution in [2.75, 3.05) is 12.4 Å². The Balaban J connectivity index is 1.72. The molecule has 0 spiro atoms. The fraction of sp³-hybridized carbons (Fsp3) is 0.222. The molecule has 1 atom stereocenters. The van der Waals surface area contributed by atoms with Crippen LogP contribution in [0, 0.1) is 0 Å². The van der Waals surface area contributed by atoms with Gasteiger partial charge in [-0.3, -0.25) is 4.79 Å². The van der Waals surface area contributed by atoms with Crippen molar-refractivity contribution >= 4 is 11.6 Å². The van der Waals surface area contributed by atoms with E-state index in [9.17, 15) is 4.79 Å². The van der Waals surface area contributed by atoms with Gasteiger partial charge in [0.1, 0.15) is 0 Å². The van der Waals surface area contributed by atoms with Gasteiger partial charge in [0.25, 0.3) is 0 Å². The van der Waals surface area contributed by atoms with Crippen LogP contribution < -0.4 is 10.6 Å². The van der Waals surface area contributed by atoms with Gasteiger partial charge in [0, 0.05) is 12.7 Å². The SMILES string of the molecule is CNC(=O)Cc1ccc(NC(C)c2nnnn2-c2ccccc2)cc1. The van der Waals surface area contributed by atoms with Crippen LogP contribution in [0.2, 0.25) is 0 Å². The van der Waals surface area contributed by atoms with E-state index in [0.29, 0.717) is 6.42 Å². The number of carbonyl (C=O) groups excluding carboxylic acids is 1. The van der Waals surface area contributed by atoms with E-state index in [2.05, 4.69) is 26.2 Å². The number of rotatable bonds is 6. The van der Waals surface area contributed by atoms with E-state index in [1.165, 1.54) is 0 Å². The first-order valence-electron chi connectivity index (χ1n) is 8.07. The summed E-state index contributed by atoms with van der Waals surface area (Å²) in [6.45, 7) is 2.00.